The third-order valence-electron chi connectivity index (χ3n) is 1.73. The van der Waals surface area contributed by atoms with E-state index < -0.39 is 11.9 Å². The van der Waals surface area contributed by atoms with E-state index in [-0.39, 0.29) is 17.8 Å². The van der Waals surface area contributed by atoms with E-state index in [4.69, 9.17) is 0 Å². The fourth-order valence-electron chi connectivity index (χ4n) is 1.04. The number of rotatable bonds is 1. The Hall–Kier alpha value is -1.12. The van der Waals surface area contributed by atoms with Crippen LogP contribution in [0.3, 0.4) is 0 Å². The summed E-state index contributed by atoms with van der Waals surface area (Å²) in [7, 11) is 0. The maximum atomic E-state index is 11.0. The van der Waals surface area contributed by atoms with Crippen LogP contribution >= 0.6 is 0 Å². The molecule has 0 radical (unpaired) electrons. The van der Waals surface area contributed by atoms with E-state index in [0.717, 1.165) is 0 Å². The van der Waals surface area contributed by atoms with Crippen molar-refractivity contribution in [2.45, 2.75) is 27.2 Å². The van der Waals surface area contributed by atoms with Crippen LogP contribution in [0.25, 0.3) is 0 Å². The van der Waals surface area contributed by atoms with Gasteiger partial charge >= 0.3 is 11.9 Å². The van der Waals surface area contributed by atoms with Gasteiger partial charge in [-0.05, 0) is 5.41 Å². The first-order valence-corrected chi connectivity index (χ1v) is 4.32. The molecular formula is C10H14O3. The molecule has 0 aromatic heterocycles. The van der Waals surface area contributed by atoms with Crippen molar-refractivity contribution in [3.63, 3.8) is 0 Å². The summed E-state index contributed by atoms with van der Waals surface area (Å²) in [6.45, 7) is 6.10. The molecule has 1 heterocycles. The van der Waals surface area contributed by atoms with Crippen LogP contribution in [0.4, 0.5) is 0 Å². The maximum absolute atomic E-state index is 11.0. The Morgan fingerprint density at radius 3 is 2.38 bits per heavy atom. The summed E-state index contributed by atoms with van der Waals surface area (Å²) in [6.07, 6.45) is 3.87. The lowest BCUT2D eigenvalue weighted by atomic mass is 9.94. The Labute approximate surface area is 77.8 Å². The zero-order chi connectivity index (χ0) is 10.1. The fraction of sp³-hybridized carbons (Fsp3) is 0.600. The van der Waals surface area contributed by atoms with E-state index in [1.54, 1.807) is 6.08 Å². The molecule has 0 spiro atoms. The van der Waals surface area contributed by atoms with Crippen molar-refractivity contribution in [1.29, 1.82) is 0 Å². The minimum Gasteiger partial charge on any atom is -0.393 e. The molecule has 0 bridgehead atoms. The standard InChI is InChI=1S/C10H14O3/c1-10(2,3)5-4-7-6-8(11)13-9(7)12/h4-5,7H,6H2,1-3H3. The number of allylic oxidation sites excluding steroid dienone is 1. The third kappa shape index (κ3) is 3.01. The second-order valence-corrected chi connectivity index (χ2v) is 4.33. The smallest absolute Gasteiger partial charge is 0.321 e. The molecule has 1 unspecified atom stereocenters. The second-order valence-electron chi connectivity index (χ2n) is 4.33. The minimum absolute atomic E-state index is 0.0336. The number of cyclic esters (lactones) is 2. The molecule has 1 atom stereocenters. The van der Waals surface area contributed by atoms with E-state index >= 15 is 0 Å². The van der Waals surface area contributed by atoms with Crippen molar-refractivity contribution < 1.29 is 14.3 Å². The summed E-state index contributed by atoms with van der Waals surface area (Å²) in [5.41, 5.74) is 0.0336. The van der Waals surface area contributed by atoms with Gasteiger partial charge in [-0.25, -0.2) is 0 Å². The SMILES string of the molecule is CC(C)(C)C=CC1CC(=O)OC1=O. The number of carbonyl (C=O) groups excluding carboxylic acids is 2. The average molecular weight is 182 g/mol. The lowest BCUT2D eigenvalue weighted by molar-refractivity contribution is -0.152. The van der Waals surface area contributed by atoms with Crippen LogP contribution in [0.1, 0.15) is 27.2 Å². The van der Waals surface area contributed by atoms with E-state index in [9.17, 15) is 9.59 Å². The molecule has 0 aliphatic carbocycles. The van der Waals surface area contributed by atoms with Crippen LogP contribution in [-0.4, -0.2) is 11.9 Å². The van der Waals surface area contributed by atoms with Gasteiger partial charge in [0, 0.05) is 0 Å². The van der Waals surface area contributed by atoms with Crippen molar-refractivity contribution in [3.05, 3.63) is 12.2 Å². The average Bonchev–Trinajstić information content (AvgIpc) is 2.24. The summed E-state index contributed by atoms with van der Waals surface area (Å²) in [5.74, 6) is -1.22. The number of hydrogen-bond acceptors (Lipinski definition) is 3. The maximum Gasteiger partial charge on any atom is 0.321 e. The molecule has 0 aromatic carbocycles. The summed E-state index contributed by atoms with van der Waals surface area (Å²) in [6, 6.07) is 0. The Kier molecular flexibility index (Phi) is 2.55. The van der Waals surface area contributed by atoms with Crippen molar-refractivity contribution in [3.8, 4) is 0 Å². The molecule has 3 nitrogen and oxygen atoms in total. The topological polar surface area (TPSA) is 43.4 Å². The quantitative estimate of drug-likeness (QED) is 0.352. The van der Waals surface area contributed by atoms with Crippen molar-refractivity contribution in [2.24, 2.45) is 11.3 Å². The van der Waals surface area contributed by atoms with Crippen molar-refractivity contribution in [1.82, 2.24) is 0 Å². The normalized spacial score (nSPS) is 24.1. The van der Waals surface area contributed by atoms with Crippen molar-refractivity contribution in [2.75, 3.05) is 0 Å². The highest BCUT2D eigenvalue weighted by atomic mass is 16.6. The second kappa shape index (κ2) is 3.32. The highest BCUT2D eigenvalue weighted by Gasteiger charge is 2.31. The number of hydrogen-bond donors (Lipinski definition) is 0. The molecule has 1 rings (SSSR count). The predicted molar refractivity (Wildman–Crippen MR) is 47.8 cm³/mol. The molecule has 13 heavy (non-hydrogen) atoms. The molecule has 3 heteroatoms. The van der Waals surface area contributed by atoms with Crippen LogP contribution < -0.4 is 0 Å². The van der Waals surface area contributed by atoms with Gasteiger partial charge in [-0.2, -0.15) is 0 Å². The number of carbonyl (C=O) groups is 2. The van der Waals surface area contributed by atoms with E-state index in [0.29, 0.717) is 0 Å². The van der Waals surface area contributed by atoms with Gasteiger partial charge in [0.1, 0.15) is 0 Å². The van der Waals surface area contributed by atoms with Gasteiger partial charge in [-0.15, -0.1) is 0 Å². The summed E-state index contributed by atoms with van der Waals surface area (Å²) in [4.78, 5) is 21.7. The molecule has 1 saturated heterocycles. The Balaban J connectivity index is 2.60. The highest BCUT2D eigenvalue weighted by Crippen LogP contribution is 2.21. The van der Waals surface area contributed by atoms with Gasteiger partial charge in [0.2, 0.25) is 0 Å². The third-order valence-corrected chi connectivity index (χ3v) is 1.73. The van der Waals surface area contributed by atoms with Crippen molar-refractivity contribution >= 4 is 11.9 Å². The zero-order valence-corrected chi connectivity index (χ0v) is 8.16. The number of esters is 2. The Bertz CT molecular complexity index is 258. The van der Waals surface area contributed by atoms with E-state index in [1.165, 1.54) is 0 Å². The van der Waals surface area contributed by atoms with Crippen LogP contribution in [0.2, 0.25) is 0 Å². The highest BCUT2D eigenvalue weighted by molar-refractivity contribution is 5.95. The molecule has 1 aliphatic rings. The minimum atomic E-state index is -0.425. The van der Waals surface area contributed by atoms with E-state index in [2.05, 4.69) is 4.74 Å². The molecule has 0 amide bonds. The summed E-state index contributed by atoms with van der Waals surface area (Å²) >= 11 is 0. The molecule has 0 aromatic rings. The monoisotopic (exact) mass is 182 g/mol. The Morgan fingerprint density at radius 1 is 1.38 bits per heavy atom. The summed E-state index contributed by atoms with van der Waals surface area (Å²) < 4.78 is 4.41. The fourth-order valence-corrected chi connectivity index (χ4v) is 1.04. The van der Waals surface area contributed by atoms with Crippen LogP contribution in [0.5, 0.6) is 0 Å². The molecule has 0 saturated carbocycles. The van der Waals surface area contributed by atoms with E-state index in [1.807, 2.05) is 26.8 Å². The lowest BCUT2D eigenvalue weighted by Gasteiger charge is -2.11. The summed E-state index contributed by atoms with van der Waals surface area (Å²) in [5, 5.41) is 0. The lowest BCUT2D eigenvalue weighted by Crippen LogP contribution is -2.06. The molecule has 1 aliphatic heterocycles. The first-order chi connectivity index (χ1) is 5.88. The Morgan fingerprint density at radius 2 is 2.00 bits per heavy atom. The van der Waals surface area contributed by atoms with Gasteiger partial charge in [0.25, 0.3) is 0 Å². The van der Waals surface area contributed by atoms with Gasteiger partial charge in [-0.3, -0.25) is 9.59 Å². The van der Waals surface area contributed by atoms with Crippen LogP contribution in [-0.2, 0) is 14.3 Å². The van der Waals surface area contributed by atoms with Gasteiger partial charge < -0.3 is 4.74 Å². The largest absolute Gasteiger partial charge is 0.393 e. The molecule has 0 N–H and O–H groups in total. The zero-order valence-electron chi connectivity index (χ0n) is 8.16. The van der Waals surface area contributed by atoms with Gasteiger partial charge in [0.05, 0.1) is 12.3 Å². The molecular weight excluding hydrogens is 168 g/mol. The number of ether oxygens (including phenoxy) is 1. The first-order valence-electron chi connectivity index (χ1n) is 4.32. The van der Waals surface area contributed by atoms with Crippen LogP contribution in [0.15, 0.2) is 12.2 Å². The first kappa shape index (κ1) is 9.96. The predicted octanol–water partition coefficient (Wildman–Crippen LogP) is 1.68. The van der Waals surface area contributed by atoms with Gasteiger partial charge in [0.15, 0.2) is 0 Å². The molecule has 1 fully saturated rings. The molecule has 72 valence electrons. The van der Waals surface area contributed by atoms with Gasteiger partial charge in [-0.1, -0.05) is 32.9 Å². The van der Waals surface area contributed by atoms with Crippen LogP contribution in [0, 0.1) is 11.3 Å².